The van der Waals surface area contributed by atoms with Crippen molar-refractivity contribution in [3.63, 3.8) is 0 Å². The van der Waals surface area contributed by atoms with E-state index in [2.05, 4.69) is 13.0 Å². The summed E-state index contributed by atoms with van der Waals surface area (Å²) in [5.41, 5.74) is 0.824. The Kier molecular flexibility index (Phi) is 4.75. The summed E-state index contributed by atoms with van der Waals surface area (Å²) in [4.78, 5) is 12.0. The first kappa shape index (κ1) is 12.8. The van der Waals surface area contributed by atoms with Crippen LogP contribution in [0.2, 0.25) is 0 Å². The average Bonchev–Trinajstić information content (AvgIpc) is 2.82. The summed E-state index contributed by atoms with van der Waals surface area (Å²) in [7, 11) is 0. The number of hydrogen-bond acceptors (Lipinski definition) is 3. The van der Waals surface area contributed by atoms with E-state index in [4.69, 9.17) is 0 Å². The number of carbonyl (C=O) groups excluding carboxylic acids is 1. The maximum atomic E-state index is 12.0. The molecule has 2 rings (SSSR count). The highest BCUT2D eigenvalue weighted by Crippen LogP contribution is 2.37. The fourth-order valence-electron chi connectivity index (χ4n) is 1.75. The van der Waals surface area contributed by atoms with Crippen molar-refractivity contribution in [1.29, 1.82) is 0 Å². The molecule has 0 saturated carbocycles. The van der Waals surface area contributed by atoms with Crippen molar-refractivity contribution in [2.75, 3.05) is 11.5 Å². The van der Waals surface area contributed by atoms with Gasteiger partial charge in [0, 0.05) is 27.7 Å². The Bertz CT molecular complexity index is 403. The van der Waals surface area contributed by atoms with Gasteiger partial charge in [0.25, 0.3) is 0 Å². The first-order chi connectivity index (χ1) is 8.25. The van der Waals surface area contributed by atoms with Gasteiger partial charge >= 0.3 is 0 Å². The summed E-state index contributed by atoms with van der Waals surface area (Å²) in [5, 5.41) is 0. The lowest BCUT2D eigenvalue weighted by Gasteiger charge is -2.06. The monoisotopic (exact) mass is 264 g/mol. The Morgan fingerprint density at radius 3 is 2.59 bits per heavy atom. The van der Waals surface area contributed by atoms with Crippen LogP contribution in [0.25, 0.3) is 0 Å². The summed E-state index contributed by atoms with van der Waals surface area (Å²) in [6.07, 6.45) is 2.85. The van der Waals surface area contributed by atoms with Crippen molar-refractivity contribution in [1.82, 2.24) is 0 Å². The first-order valence-corrected chi connectivity index (χ1v) is 7.78. The van der Waals surface area contributed by atoms with Crippen molar-refractivity contribution in [3.05, 3.63) is 46.2 Å². The zero-order valence-electron chi connectivity index (χ0n) is 9.89. The van der Waals surface area contributed by atoms with Crippen LogP contribution in [0.4, 0.5) is 0 Å². The number of allylic oxidation sites excluding steroid dienone is 1. The van der Waals surface area contributed by atoms with Crippen molar-refractivity contribution in [3.8, 4) is 0 Å². The number of ketones is 1. The van der Waals surface area contributed by atoms with Crippen molar-refractivity contribution in [2.24, 2.45) is 5.92 Å². The van der Waals surface area contributed by atoms with Crippen LogP contribution in [0.5, 0.6) is 0 Å². The number of benzene rings is 1. The van der Waals surface area contributed by atoms with Gasteiger partial charge in [-0.3, -0.25) is 4.79 Å². The highest BCUT2D eigenvalue weighted by atomic mass is 32.2. The minimum Gasteiger partial charge on any atom is -0.294 e. The molecule has 1 aromatic rings. The summed E-state index contributed by atoms with van der Waals surface area (Å²) in [6.45, 7) is 2.12. The summed E-state index contributed by atoms with van der Waals surface area (Å²) in [5.74, 6) is 2.98. The van der Waals surface area contributed by atoms with E-state index in [0.717, 1.165) is 5.56 Å². The van der Waals surface area contributed by atoms with Gasteiger partial charge in [-0.05, 0) is 5.92 Å². The normalized spacial score (nSPS) is 16.9. The Balaban J connectivity index is 1.92. The standard InChI is InChI=1S/C14H16OS2/c1-11(10-14-16-7-8-17-14)9-13(15)12-5-3-2-4-6-12/h2-6,10-11H,7-9H2,1H3. The molecule has 0 spiro atoms. The van der Waals surface area contributed by atoms with Crippen LogP contribution in [0.1, 0.15) is 23.7 Å². The van der Waals surface area contributed by atoms with E-state index >= 15 is 0 Å². The minimum absolute atomic E-state index is 0.239. The lowest BCUT2D eigenvalue weighted by atomic mass is 10.00. The molecule has 0 amide bonds. The van der Waals surface area contributed by atoms with Crippen molar-refractivity contribution < 1.29 is 4.79 Å². The fraction of sp³-hybridized carbons (Fsp3) is 0.357. The average molecular weight is 264 g/mol. The molecule has 1 aromatic carbocycles. The number of Topliss-reactive ketones (excluding diaryl/α,β-unsaturated/α-hetero) is 1. The van der Waals surface area contributed by atoms with Gasteiger partial charge in [0.05, 0.1) is 0 Å². The number of carbonyl (C=O) groups is 1. The molecule has 1 saturated heterocycles. The van der Waals surface area contributed by atoms with Crippen LogP contribution in [0.15, 0.2) is 40.6 Å². The molecule has 0 bridgehead atoms. The Labute approximate surface area is 111 Å². The molecule has 1 heterocycles. The molecule has 1 nitrogen and oxygen atoms in total. The predicted molar refractivity (Wildman–Crippen MR) is 77.6 cm³/mol. The molecule has 1 atom stereocenters. The Morgan fingerprint density at radius 1 is 1.29 bits per heavy atom. The predicted octanol–water partition coefficient (Wildman–Crippen LogP) is 4.22. The zero-order valence-corrected chi connectivity index (χ0v) is 11.5. The lowest BCUT2D eigenvalue weighted by Crippen LogP contribution is -2.04. The largest absolute Gasteiger partial charge is 0.294 e. The van der Waals surface area contributed by atoms with E-state index < -0.39 is 0 Å². The maximum absolute atomic E-state index is 12.0. The molecule has 0 N–H and O–H groups in total. The number of rotatable bonds is 4. The van der Waals surface area contributed by atoms with Crippen molar-refractivity contribution in [2.45, 2.75) is 13.3 Å². The minimum atomic E-state index is 0.239. The molecule has 0 radical (unpaired) electrons. The third-order valence-corrected chi connectivity index (χ3v) is 5.22. The smallest absolute Gasteiger partial charge is 0.163 e. The van der Waals surface area contributed by atoms with Crippen LogP contribution in [0.3, 0.4) is 0 Å². The van der Waals surface area contributed by atoms with E-state index in [1.807, 2.05) is 53.9 Å². The van der Waals surface area contributed by atoms with Gasteiger partial charge in [0.15, 0.2) is 5.78 Å². The van der Waals surface area contributed by atoms with Crippen LogP contribution in [-0.2, 0) is 0 Å². The molecule has 1 unspecified atom stereocenters. The number of hydrogen-bond donors (Lipinski definition) is 0. The van der Waals surface area contributed by atoms with Crippen LogP contribution in [-0.4, -0.2) is 17.3 Å². The van der Waals surface area contributed by atoms with E-state index in [1.165, 1.54) is 15.7 Å². The van der Waals surface area contributed by atoms with Crippen LogP contribution >= 0.6 is 23.5 Å². The quantitative estimate of drug-likeness (QED) is 0.758. The molecular weight excluding hydrogens is 248 g/mol. The second-order valence-electron chi connectivity index (χ2n) is 4.15. The second-order valence-corrected chi connectivity index (χ2v) is 6.69. The summed E-state index contributed by atoms with van der Waals surface area (Å²) in [6, 6.07) is 9.55. The summed E-state index contributed by atoms with van der Waals surface area (Å²) < 4.78 is 1.39. The molecule has 0 aliphatic carbocycles. The zero-order chi connectivity index (χ0) is 12.1. The molecule has 1 fully saturated rings. The van der Waals surface area contributed by atoms with E-state index in [-0.39, 0.29) is 5.78 Å². The van der Waals surface area contributed by atoms with Gasteiger partial charge < -0.3 is 0 Å². The summed E-state index contributed by atoms with van der Waals surface area (Å²) >= 11 is 3.81. The van der Waals surface area contributed by atoms with Gasteiger partial charge in [-0.15, -0.1) is 23.5 Å². The van der Waals surface area contributed by atoms with E-state index in [9.17, 15) is 4.79 Å². The van der Waals surface area contributed by atoms with Crippen LogP contribution in [0, 0.1) is 5.92 Å². The fourth-order valence-corrected chi connectivity index (χ4v) is 4.31. The molecule has 0 aromatic heterocycles. The highest BCUT2D eigenvalue weighted by Gasteiger charge is 2.13. The number of thioether (sulfide) groups is 2. The van der Waals surface area contributed by atoms with Gasteiger partial charge in [0.1, 0.15) is 0 Å². The molecule has 17 heavy (non-hydrogen) atoms. The van der Waals surface area contributed by atoms with E-state index in [0.29, 0.717) is 12.3 Å². The van der Waals surface area contributed by atoms with Gasteiger partial charge in [-0.1, -0.05) is 43.3 Å². The second kappa shape index (κ2) is 6.31. The topological polar surface area (TPSA) is 17.1 Å². The Morgan fingerprint density at radius 2 is 1.94 bits per heavy atom. The van der Waals surface area contributed by atoms with Crippen LogP contribution < -0.4 is 0 Å². The third kappa shape index (κ3) is 3.93. The highest BCUT2D eigenvalue weighted by molar-refractivity contribution is 8.25. The lowest BCUT2D eigenvalue weighted by molar-refractivity contribution is 0.0972. The molecule has 1 aliphatic rings. The van der Waals surface area contributed by atoms with Gasteiger partial charge in [-0.25, -0.2) is 0 Å². The first-order valence-electron chi connectivity index (χ1n) is 5.81. The maximum Gasteiger partial charge on any atom is 0.163 e. The Hall–Kier alpha value is -0.670. The van der Waals surface area contributed by atoms with Gasteiger partial charge in [0.2, 0.25) is 0 Å². The molecule has 1 aliphatic heterocycles. The SMILES string of the molecule is CC(C=C1SCCS1)CC(=O)c1ccccc1. The van der Waals surface area contributed by atoms with Gasteiger partial charge in [-0.2, -0.15) is 0 Å². The van der Waals surface area contributed by atoms with Crippen molar-refractivity contribution >= 4 is 29.3 Å². The molecular formula is C14H16OS2. The van der Waals surface area contributed by atoms with E-state index in [1.54, 1.807) is 0 Å². The third-order valence-electron chi connectivity index (χ3n) is 2.60. The molecule has 90 valence electrons. The molecule has 3 heteroatoms.